The van der Waals surface area contributed by atoms with Gasteiger partial charge in [-0.2, -0.15) is 5.10 Å². The molecule has 0 aliphatic carbocycles. The molecule has 0 aliphatic rings. The Kier molecular flexibility index (Phi) is 3.85. The van der Waals surface area contributed by atoms with E-state index in [1.54, 1.807) is 29.3 Å². The molecule has 0 spiro atoms. The van der Waals surface area contributed by atoms with E-state index in [-0.39, 0.29) is 6.10 Å². The van der Waals surface area contributed by atoms with Gasteiger partial charge in [0.05, 0.1) is 23.7 Å². The van der Waals surface area contributed by atoms with Gasteiger partial charge in [0.1, 0.15) is 5.01 Å². The third-order valence-electron chi connectivity index (χ3n) is 3.25. The first kappa shape index (κ1) is 14.0. The van der Waals surface area contributed by atoms with Gasteiger partial charge >= 0.3 is 0 Å². The Bertz CT molecular complexity index is 729. The van der Waals surface area contributed by atoms with Gasteiger partial charge in [-0.1, -0.05) is 0 Å². The van der Waals surface area contributed by atoms with E-state index in [1.807, 2.05) is 38.8 Å². The highest BCUT2D eigenvalue weighted by Crippen LogP contribution is 2.31. The van der Waals surface area contributed by atoms with Crippen molar-refractivity contribution in [3.8, 4) is 21.3 Å². The second-order valence-electron chi connectivity index (χ2n) is 4.88. The van der Waals surface area contributed by atoms with Crippen molar-refractivity contribution in [1.29, 1.82) is 0 Å². The van der Waals surface area contributed by atoms with Crippen LogP contribution < -0.4 is 0 Å². The lowest BCUT2D eigenvalue weighted by atomic mass is 10.4. The number of methoxy groups -OCH3 is 1. The third kappa shape index (κ3) is 2.88. The highest BCUT2D eigenvalue weighted by atomic mass is 32.1. The van der Waals surface area contributed by atoms with Crippen molar-refractivity contribution >= 4 is 11.3 Å². The van der Waals surface area contributed by atoms with Crippen molar-refractivity contribution in [2.75, 3.05) is 7.11 Å². The summed E-state index contributed by atoms with van der Waals surface area (Å²) in [7, 11) is 3.62. The summed E-state index contributed by atoms with van der Waals surface area (Å²) in [5.41, 5.74) is 1.03. The van der Waals surface area contributed by atoms with Crippen LogP contribution in [-0.4, -0.2) is 37.5 Å². The highest BCUT2D eigenvalue weighted by molar-refractivity contribution is 7.18. The minimum atomic E-state index is 0.142. The van der Waals surface area contributed by atoms with Crippen LogP contribution in [0.3, 0.4) is 0 Å². The topological polar surface area (TPSA) is 57.8 Å². The number of hydrogen-bond donors (Lipinski definition) is 0. The zero-order valence-electron chi connectivity index (χ0n) is 12.2. The molecule has 6 nitrogen and oxygen atoms in total. The van der Waals surface area contributed by atoms with Gasteiger partial charge in [-0.05, 0) is 6.92 Å². The van der Waals surface area contributed by atoms with Gasteiger partial charge < -0.3 is 9.30 Å². The quantitative estimate of drug-likeness (QED) is 0.726. The number of nitrogens with zero attached hydrogens (tertiary/aromatic N) is 5. The average molecular weight is 303 g/mol. The van der Waals surface area contributed by atoms with Gasteiger partial charge in [-0.25, -0.2) is 9.97 Å². The Labute approximate surface area is 127 Å². The molecule has 1 unspecified atom stereocenters. The molecule has 0 aromatic carbocycles. The van der Waals surface area contributed by atoms with E-state index in [9.17, 15) is 0 Å². The minimum Gasteiger partial charge on any atom is -0.380 e. The smallest absolute Gasteiger partial charge is 0.151 e. The molecular formula is C14H17N5OS. The lowest BCUT2D eigenvalue weighted by Gasteiger charge is -2.11. The second-order valence-corrected chi connectivity index (χ2v) is 5.91. The molecule has 0 bridgehead atoms. The molecule has 0 radical (unpaired) electrons. The van der Waals surface area contributed by atoms with Crippen molar-refractivity contribution in [3.63, 3.8) is 0 Å². The van der Waals surface area contributed by atoms with E-state index in [4.69, 9.17) is 4.74 Å². The molecule has 0 saturated carbocycles. The second kappa shape index (κ2) is 5.79. The molecule has 3 aromatic heterocycles. The van der Waals surface area contributed by atoms with Crippen LogP contribution in [0.1, 0.15) is 6.92 Å². The molecular weight excluding hydrogens is 286 g/mol. The van der Waals surface area contributed by atoms with E-state index in [0.717, 1.165) is 27.8 Å². The van der Waals surface area contributed by atoms with Crippen LogP contribution in [0.15, 0.2) is 31.0 Å². The fourth-order valence-corrected chi connectivity index (χ4v) is 2.98. The standard InChI is InChI=1S/C14H17N5OS/c1-10(20-3)8-19-5-4-15-13(19)12-7-16-14(21-12)11-6-17-18(2)9-11/h4-7,9-10H,8H2,1-3H3. The molecule has 110 valence electrons. The first-order chi connectivity index (χ1) is 10.2. The highest BCUT2D eigenvalue weighted by Gasteiger charge is 2.13. The minimum absolute atomic E-state index is 0.142. The van der Waals surface area contributed by atoms with Gasteiger partial charge in [0, 0.05) is 44.5 Å². The van der Waals surface area contributed by atoms with Gasteiger partial charge in [-0.3, -0.25) is 4.68 Å². The molecule has 0 fully saturated rings. The van der Waals surface area contributed by atoms with Gasteiger partial charge in [0.2, 0.25) is 0 Å². The number of imidazole rings is 1. The SMILES string of the molecule is COC(C)Cn1ccnc1-c1cnc(-c2cnn(C)c2)s1. The zero-order valence-corrected chi connectivity index (χ0v) is 13.0. The van der Waals surface area contributed by atoms with Gasteiger partial charge in [0.25, 0.3) is 0 Å². The van der Waals surface area contributed by atoms with Crippen LogP contribution in [0.4, 0.5) is 0 Å². The molecule has 1 atom stereocenters. The Hall–Kier alpha value is -1.99. The Morgan fingerprint density at radius 2 is 2.19 bits per heavy atom. The van der Waals surface area contributed by atoms with Gasteiger partial charge in [0.15, 0.2) is 5.82 Å². The maximum Gasteiger partial charge on any atom is 0.151 e. The third-order valence-corrected chi connectivity index (χ3v) is 4.29. The molecule has 0 amide bonds. The van der Waals surface area contributed by atoms with Crippen molar-refractivity contribution in [1.82, 2.24) is 24.3 Å². The first-order valence-electron chi connectivity index (χ1n) is 6.66. The fraction of sp³-hybridized carbons (Fsp3) is 0.357. The van der Waals surface area contributed by atoms with Crippen LogP contribution >= 0.6 is 11.3 Å². The van der Waals surface area contributed by atoms with Crippen molar-refractivity contribution in [2.45, 2.75) is 19.6 Å². The number of aromatic nitrogens is 5. The number of rotatable bonds is 5. The van der Waals surface area contributed by atoms with E-state index in [2.05, 4.69) is 19.6 Å². The van der Waals surface area contributed by atoms with Crippen LogP contribution in [-0.2, 0) is 18.3 Å². The molecule has 21 heavy (non-hydrogen) atoms. The normalized spacial score (nSPS) is 12.7. The number of ether oxygens (including phenoxy) is 1. The Balaban J connectivity index is 1.88. The molecule has 0 N–H and O–H groups in total. The molecule has 0 aliphatic heterocycles. The maximum absolute atomic E-state index is 5.32. The summed E-state index contributed by atoms with van der Waals surface area (Å²) in [6.45, 7) is 2.81. The number of aryl methyl sites for hydroxylation is 1. The summed E-state index contributed by atoms with van der Waals surface area (Å²) >= 11 is 1.62. The zero-order chi connectivity index (χ0) is 14.8. The monoisotopic (exact) mass is 303 g/mol. The Morgan fingerprint density at radius 1 is 1.33 bits per heavy atom. The predicted octanol–water partition coefficient (Wildman–Crippen LogP) is 2.44. The van der Waals surface area contributed by atoms with Crippen molar-refractivity contribution in [3.05, 3.63) is 31.0 Å². The largest absolute Gasteiger partial charge is 0.380 e. The van der Waals surface area contributed by atoms with Crippen LogP contribution in [0.2, 0.25) is 0 Å². The average Bonchev–Trinajstić information content (AvgIpc) is 3.17. The lowest BCUT2D eigenvalue weighted by Crippen LogP contribution is -2.14. The predicted molar refractivity (Wildman–Crippen MR) is 82.0 cm³/mol. The van der Waals surface area contributed by atoms with Gasteiger partial charge in [-0.15, -0.1) is 11.3 Å². The molecule has 3 rings (SSSR count). The van der Waals surface area contributed by atoms with Crippen molar-refractivity contribution in [2.24, 2.45) is 7.05 Å². The Morgan fingerprint density at radius 3 is 2.90 bits per heavy atom. The maximum atomic E-state index is 5.32. The molecule has 3 aromatic rings. The number of thiazole rings is 1. The number of hydrogen-bond acceptors (Lipinski definition) is 5. The molecule has 7 heteroatoms. The van der Waals surface area contributed by atoms with E-state index in [0.29, 0.717) is 0 Å². The van der Waals surface area contributed by atoms with E-state index >= 15 is 0 Å². The fourth-order valence-electron chi connectivity index (χ4n) is 2.08. The summed E-state index contributed by atoms with van der Waals surface area (Å²) < 4.78 is 9.19. The van der Waals surface area contributed by atoms with Crippen LogP contribution in [0, 0.1) is 0 Å². The van der Waals surface area contributed by atoms with Crippen LogP contribution in [0.5, 0.6) is 0 Å². The van der Waals surface area contributed by atoms with E-state index in [1.165, 1.54) is 0 Å². The summed E-state index contributed by atoms with van der Waals surface area (Å²) in [5.74, 6) is 0.923. The summed E-state index contributed by atoms with van der Waals surface area (Å²) in [4.78, 5) is 9.96. The van der Waals surface area contributed by atoms with Crippen molar-refractivity contribution < 1.29 is 4.74 Å². The molecule has 0 saturated heterocycles. The summed E-state index contributed by atoms with van der Waals surface area (Å²) in [6.07, 6.45) is 9.56. The van der Waals surface area contributed by atoms with E-state index < -0.39 is 0 Å². The van der Waals surface area contributed by atoms with Crippen LogP contribution in [0.25, 0.3) is 21.3 Å². The summed E-state index contributed by atoms with van der Waals surface area (Å²) in [6, 6.07) is 0. The lowest BCUT2D eigenvalue weighted by molar-refractivity contribution is 0.103. The summed E-state index contributed by atoms with van der Waals surface area (Å²) in [5, 5.41) is 5.13. The molecule has 3 heterocycles. The first-order valence-corrected chi connectivity index (χ1v) is 7.48.